The van der Waals surface area contributed by atoms with Crippen molar-refractivity contribution in [2.45, 2.75) is 6.54 Å². The minimum Gasteiger partial charge on any atom is -0.497 e. The number of rotatable bonds is 5. The third-order valence-electron chi connectivity index (χ3n) is 4.67. The molecule has 4 rings (SSSR count). The molecule has 0 spiro atoms. The number of carbonyl (C=O) groups is 1. The van der Waals surface area contributed by atoms with E-state index in [2.05, 4.69) is 0 Å². The highest BCUT2D eigenvalue weighted by atomic mass is 16.5. The molecule has 144 valence electrons. The lowest BCUT2D eigenvalue weighted by Gasteiger charge is -2.23. The molecular weight excluding hydrogens is 366 g/mol. The number of amides is 1. The van der Waals surface area contributed by atoms with Crippen LogP contribution in [0.2, 0.25) is 0 Å². The number of nitrogens with zero attached hydrogens (tertiary/aromatic N) is 1. The topological polar surface area (TPSA) is 59.8 Å². The van der Waals surface area contributed by atoms with E-state index >= 15 is 0 Å². The van der Waals surface area contributed by atoms with Gasteiger partial charge in [0.25, 0.3) is 5.91 Å². The number of anilines is 1. The van der Waals surface area contributed by atoms with Crippen molar-refractivity contribution >= 4 is 22.6 Å². The zero-order valence-corrected chi connectivity index (χ0v) is 15.9. The first-order chi connectivity index (χ1) is 14.2. The van der Waals surface area contributed by atoms with E-state index in [9.17, 15) is 9.59 Å². The second-order valence-electron chi connectivity index (χ2n) is 6.56. The van der Waals surface area contributed by atoms with Crippen molar-refractivity contribution in [3.05, 3.63) is 106 Å². The molecule has 1 aromatic heterocycles. The summed E-state index contributed by atoms with van der Waals surface area (Å²) in [4.78, 5) is 27.6. The molecule has 0 N–H and O–H groups in total. The first-order valence-corrected chi connectivity index (χ1v) is 9.18. The fourth-order valence-corrected chi connectivity index (χ4v) is 3.18. The van der Waals surface area contributed by atoms with E-state index in [1.54, 1.807) is 36.3 Å². The Hall–Kier alpha value is -3.86. The van der Waals surface area contributed by atoms with Crippen molar-refractivity contribution in [3.63, 3.8) is 0 Å². The van der Waals surface area contributed by atoms with Gasteiger partial charge in [-0.3, -0.25) is 4.79 Å². The molecule has 3 aromatic carbocycles. The summed E-state index contributed by atoms with van der Waals surface area (Å²) in [6.07, 6.45) is 0. The fourth-order valence-electron chi connectivity index (χ4n) is 3.18. The normalized spacial score (nSPS) is 10.7. The number of benzene rings is 3. The molecule has 1 amide bonds. The quantitative estimate of drug-likeness (QED) is 0.469. The Morgan fingerprint density at radius 2 is 1.62 bits per heavy atom. The standard InChI is InChI=1S/C24H19NO4/c1-28-20-12-13-22-18(14-20)15-21(24(27)29-22)23(26)25(19-10-6-3-7-11-19)16-17-8-4-2-5-9-17/h2-15H,16H2,1H3. The van der Waals surface area contributed by atoms with Crippen LogP contribution < -0.4 is 15.3 Å². The van der Waals surface area contributed by atoms with Crippen LogP contribution in [0.4, 0.5) is 5.69 Å². The molecule has 0 aliphatic heterocycles. The summed E-state index contributed by atoms with van der Waals surface area (Å²) in [7, 11) is 1.56. The maximum atomic E-state index is 13.4. The Morgan fingerprint density at radius 3 is 2.31 bits per heavy atom. The maximum Gasteiger partial charge on any atom is 0.349 e. The van der Waals surface area contributed by atoms with Crippen molar-refractivity contribution < 1.29 is 13.9 Å². The number of hydrogen-bond acceptors (Lipinski definition) is 4. The van der Waals surface area contributed by atoms with Crippen LogP contribution in [0.25, 0.3) is 11.0 Å². The van der Waals surface area contributed by atoms with Crippen LogP contribution in [0.5, 0.6) is 5.75 Å². The molecule has 5 heteroatoms. The van der Waals surface area contributed by atoms with Crippen molar-refractivity contribution in [2.24, 2.45) is 0 Å². The van der Waals surface area contributed by atoms with Gasteiger partial charge < -0.3 is 14.1 Å². The zero-order chi connectivity index (χ0) is 20.2. The van der Waals surface area contributed by atoms with Gasteiger partial charge in [0.15, 0.2) is 0 Å². The predicted octanol–water partition coefficient (Wildman–Crippen LogP) is 4.65. The number of methoxy groups -OCH3 is 1. The third kappa shape index (κ3) is 3.89. The Morgan fingerprint density at radius 1 is 0.931 bits per heavy atom. The van der Waals surface area contributed by atoms with Gasteiger partial charge in [-0.2, -0.15) is 0 Å². The number of ether oxygens (including phenoxy) is 1. The van der Waals surface area contributed by atoms with Crippen molar-refractivity contribution in [1.29, 1.82) is 0 Å². The molecule has 0 bridgehead atoms. The molecule has 0 aliphatic carbocycles. The second-order valence-corrected chi connectivity index (χ2v) is 6.56. The zero-order valence-electron chi connectivity index (χ0n) is 15.9. The summed E-state index contributed by atoms with van der Waals surface area (Å²) < 4.78 is 10.6. The minimum atomic E-state index is -0.665. The molecule has 1 heterocycles. The van der Waals surface area contributed by atoms with E-state index < -0.39 is 11.5 Å². The second kappa shape index (κ2) is 8.02. The molecule has 4 aromatic rings. The Balaban J connectivity index is 1.79. The van der Waals surface area contributed by atoms with Crippen LogP contribution in [0.15, 0.2) is 94.1 Å². The van der Waals surface area contributed by atoms with E-state index in [0.29, 0.717) is 29.0 Å². The van der Waals surface area contributed by atoms with Gasteiger partial charge in [0.05, 0.1) is 13.7 Å². The minimum absolute atomic E-state index is 0.0227. The number of hydrogen-bond donors (Lipinski definition) is 0. The summed E-state index contributed by atoms with van der Waals surface area (Å²) in [5.41, 5.74) is 1.37. The fraction of sp³-hybridized carbons (Fsp3) is 0.0833. The van der Waals surface area contributed by atoms with Gasteiger partial charge in [0.1, 0.15) is 16.9 Å². The summed E-state index contributed by atoms with van der Waals surface area (Å²) in [5, 5.41) is 0.625. The van der Waals surface area contributed by atoms with Crippen LogP contribution in [-0.4, -0.2) is 13.0 Å². The molecule has 0 aliphatic rings. The Kier molecular flexibility index (Phi) is 5.12. The lowest BCUT2D eigenvalue weighted by Crippen LogP contribution is -2.33. The average molecular weight is 385 g/mol. The molecule has 0 atom stereocenters. The van der Waals surface area contributed by atoms with Gasteiger partial charge >= 0.3 is 5.63 Å². The van der Waals surface area contributed by atoms with Crippen molar-refractivity contribution in [3.8, 4) is 5.75 Å². The van der Waals surface area contributed by atoms with Crippen LogP contribution in [-0.2, 0) is 6.54 Å². The summed E-state index contributed by atoms with van der Waals surface area (Å²) >= 11 is 0. The average Bonchev–Trinajstić information content (AvgIpc) is 2.77. The van der Waals surface area contributed by atoms with Crippen LogP contribution in [0.3, 0.4) is 0 Å². The third-order valence-corrected chi connectivity index (χ3v) is 4.67. The van der Waals surface area contributed by atoms with Gasteiger partial charge in [0.2, 0.25) is 0 Å². The largest absolute Gasteiger partial charge is 0.497 e. The molecule has 5 nitrogen and oxygen atoms in total. The number of para-hydroxylation sites is 1. The first kappa shape index (κ1) is 18.5. The molecular formula is C24H19NO4. The monoisotopic (exact) mass is 385 g/mol. The van der Waals surface area contributed by atoms with Crippen LogP contribution in [0.1, 0.15) is 15.9 Å². The van der Waals surface area contributed by atoms with E-state index in [-0.39, 0.29) is 5.56 Å². The molecule has 0 saturated heterocycles. The highest BCUT2D eigenvalue weighted by Gasteiger charge is 2.22. The summed E-state index contributed by atoms with van der Waals surface area (Å²) in [6, 6.07) is 25.6. The Bertz CT molecular complexity index is 1200. The molecule has 29 heavy (non-hydrogen) atoms. The number of carbonyl (C=O) groups excluding carboxylic acids is 1. The maximum absolute atomic E-state index is 13.4. The van der Waals surface area contributed by atoms with Crippen LogP contribution in [0, 0.1) is 0 Å². The van der Waals surface area contributed by atoms with E-state index in [1.165, 1.54) is 0 Å². The smallest absolute Gasteiger partial charge is 0.349 e. The van der Waals surface area contributed by atoms with Crippen molar-refractivity contribution in [1.82, 2.24) is 0 Å². The SMILES string of the molecule is COc1ccc2oc(=O)c(C(=O)N(Cc3ccccc3)c3ccccc3)cc2c1. The first-order valence-electron chi connectivity index (χ1n) is 9.18. The Labute approximate surface area is 167 Å². The van der Waals surface area contributed by atoms with E-state index in [0.717, 1.165) is 5.56 Å². The summed E-state index contributed by atoms with van der Waals surface area (Å²) in [5.74, 6) is 0.201. The van der Waals surface area contributed by atoms with Gasteiger partial charge in [-0.15, -0.1) is 0 Å². The lowest BCUT2D eigenvalue weighted by atomic mass is 10.1. The van der Waals surface area contributed by atoms with E-state index in [1.807, 2.05) is 60.7 Å². The van der Waals surface area contributed by atoms with Gasteiger partial charge in [0, 0.05) is 11.1 Å². The van der Waals surface area contributed by atoms with Gasteiger partial charge in [-0.1, -0.05) is 48.5 Å². The van der Waals surface area contributed by atoms with Crippen molar-refractivity contribution in [2.75, 3.05) is 12.0 Å². The molecule has 0 unspecified atom stereocenters. The van der Waals surface area contributed by atoms with E-state index in [4.69, 9.17) is 9.15 Å². The van der Waals surface area contributed by atoms with Crippen LogP contribution >= 0.6 is 0 Å². The number of fused-ring (bicyclic) bond motifs is 1. The lowest BCUT2D eigenvalue weighted by molar-refractivity contribution is 0.0981. The van der Waals surface area contributed by atoms with Gasteiger partial charge in [-0.25, -0.2) is 4.79 Å². The molecule has 0 fully saturated rings. The molecule has 0 saturated carbocycles. The predicted molar refractivity (Wildman–Crippen MR) is 112 cm³/mol. The highest BCUT2D eigenvalue weighted by Crippen LogP contribution is 2.23. The summed E-state index contributed by atoms with van der Waals surface area (Å²) in [6.45, 7) is 0.333. The molecule has 0 radical (unpaired) electrons. The highest BCUT2D eigenvalue weighted by molar-refractivity contribution is 6.07. The van der Waals surface area contributed by atoms with Gasteiger partial charge in [-0.05, 0) is 42.0 Å².